The molecule has 2 aromatic rings. The van der Waals surface area contributed by atoms with E-state index in [9.17, 15) is 13.2 Å². The van der Waals surface area contributed by atoms with E-state index in [1.54, 1.807) is 30.3 Å². The van der Waals surface area contributed by atoms with Gasteiger partial charge in [0, 0.05) is 11.8 Å². The molecule has 2 N–H and O–H groups in total. The number of anilines is 1. The highest BCUT2D eigenvalue weighted by Crippen LogP contribution is 2.34. The Labute approximate surface area is 146 Å². The molecule has 1 heterocycles. The Kier molecular flexibility index (Phi) is 4.65. The Morgan fingerprint density at radius 1 is 1.04 bits per heavy atom. The standard InChI is InChI=1S/C17H18N2O5S/c1-11-3-5-14(7-12(11)2)25(21,22)18-9-17(20)19-13-4-6-15-16(8-13)24-10-23-15/h3-8,18H,9-10H2,1-2H3,(H,19,20). The van der Waals surface area contributed by atoms with Crippen molar-refractivity contribution in [3.8, 4) is 11.5 Å². The van der Waals surface area contributed by atoms with Crippen LogP contribution in [0.2, 0.25) is 0 Å². The predicted molar refractivity (Wildman–Crippen MR) is 92.3 cm³/mol. The van der Waals surface area contributed by atoms with Gasteiger partial charge in [0.15, 0.2) is 11.5 Å². The van der Waals surface area contributed by atoms with E-state index in [1.165, 1.54) is 6.07 Å². The average molecular weight is 362 g/mol. The van der Waals surface area contributed by atoms with Crippen LogP contribution in [0.1, 0.15) is 11.1 Å². The molecule has 3 rings (SSSR count). The van der Waals surface area contributed by atoms with Gasteiger partial charge in [-0.05, 0) is 49.2 Å². The average Bonchev–Trinajstić information content (AvgIpc) is 3.03. The molecule has 2 aromatic carbocycles. The molecule has 1 aliphatic rings. The number of carbonyl (C=O) groups is 1. The van der Waals surface area contributed by atoms with Crippen LogP contribution in [0.3, 0.4) is 0 Å². The van der Waals surface area contributed by atoms with Gasteiger partial charge < -0.3 is 14.8 Å². The highest BCUT2D eigenvalue weighted by molar-refractivity contribution is 7.89. The third-order valence-corrected chi connectivity index (χ3v) is 5.27. The molecule has 132 valence electrons. The lowest BCUT2D eigenvalue weighted by molar-refractivity contribution is -0.115. The first kappa shape index (κ1) is 17.2. The van der Waals surface area contributed by atoms with Crippen molar-refractivity contribution in [2.45, 2.75) is 18.7 Å². The Balaban J connectivity index is 1.62. The molecule has 1 amide bonds. The first-order valence-corrected chi connectivity index (χ1v) is 9.10. The molecule has 0 saturated carbocycles. The van der Waals surface area contributed by atoms with Gasteiger partial charge in [-0.1, -0.05) is 6.07 Å². The number of ether oxygens (including phenoxy) is 2. The van der Waals surface area contributed by atoms with Gasteiger partial charge in [0.25, 0.3) is 0 Å². The van der Waals surface area contributed by atoms with E-state index in [4.69, 9.17) is 9.47 Å². The smallest absolute Gasteiger partial charge is 0.241 e. The zero-order valence-corrected chi connectivity index (χ0v) is 14.6. The summed E-state index contributed by atoms with van der Waals surface area (Å²) in [6, 6.07) is 9.78. The fourth-order valence-electron chi connectivity index (χ4n) is 2.30. The minimum atomic E-state index is -3.75. The second-order valence-corrected chi connectivity index (χ2v) is 7.45. The first-order valence-electron chi connectivity index (χ1n) is 7.61. The maximum Gasteiger partial charge on any atom is 0.241 e. The Morgan fingerprint density at radius 2 is 1.80 bits per heavy atom. The van der Waals surface area contributed by atoms with Crippen LogP contribution in [0, 0.1) is 13.8 Å². The van der Waals surface area contributed by atoms with Gasteiger partial charge in [-0.15, -0.1) is 0 Å². The van der Waals surface area contributed by atoms with Crippen LogP contribution < -0.4 is 19.5 Å². The zero-order valence-electron chi connectivity index (χ0n) is 13.8. The summed E-state index contributed by atoms with van der Waals surface area (Å²) >= 11 is 0. The van der Waals surface area contributed by atoms with E-state index >= 15 is 0 Å². The van der Waals surface area contributed by atoms with E-state index < -0.39 is 15.9 Å². The SMILES string of the molecule is Cc1ccc(S(=O)(=O)NCC(=O)Nc2ccc3c(c2)OCO3)cc1C. The van der Waals surface area contributed by atoms with Gasteiger partial charge in [-0.3, -0.25) is 4.79 Å². The van der Waals surface area contributed by atoms with Crippen molar-refractivity contribution >= 4 is 21.6 Å². The summed E-state index contributed by atoms with van der Waals surface area (Å²) in [5.41, 5.74) is 2.37. The van der Waals surface area contributed by atoms with Crippen LogP contribution in [-0.4, -0.2) is 27.7 Å². The number of carbonyl (C=O) groups excluding carboxylic acids is 1. The molecule has 0 saturated heterocycles. The molecule has 0 fully saturated rings. The fraction of sp³-hybridized carbons (Fsp3) is 0.235. The lowest BCUT2D eigenvalue weighted by atomic mass is 10.1. The Hall–Kier alpha value is -2.58. The monoisotopic (exact) mass is 362 g/mol. The van der Waals surface area contributed by atoms with E-state index in [0.29, 0.717) is 17.2 Å². The molecule has 0 aliphatic carbocycles. The lowest BCUT2D eigenvalue weighted by Gasteiger charge is -2.09. The van der Waals surface area contributed by atoms with Crippen LogP contribution in [0.4, 0.5) is 5.69 Å². The van der Waals surface area contributed by atoms with Crippen molar-refractivity contribution in [3.05, 3.63) is 47.5 Å². The maximum atomic E-state index is 12.3. The molecular weight excluding hydrogens is 344 g/mol. The predicted octanol–water partition coefficient (Wildman–Crippen LogP) is 1.95. The summed E-state index contributed by atoms with van der Waals surface area (Å²) in [7, 11) is -3.75. The van der Waals surface area contributed by atoms with Gasteiger partial charge in [-0.25, -0.2) is 13.1 Å². The molecule has 8 heteroatoms. The normalized spacial score (nSPS) is 12.9. The number of amides is 1. The largest absolute Gasteiger partial charge is 0.454 e. The van der Waals surface area contributed by atoms with E-state index in [-0.39, 0.29) is 18.2 Å². The van der Waals surface area contributed by atoms with Crippen molar-refractivity contribution < 1.29 is 22.7 Å². The minimum absolute atomic E-state index is 0.131. The molecule has 7 nitrogen and oxygen atoms in total. The molecule has 1 aliphatic heterocycles. The van der Waals surface area contributed by atoms with Crippen molar-refractivity contribution in [1.82, 2.24) is 4.72 Å². The van der Waals surface area contributed by atoms with E-state index in [1.807, 2.05) is 13.8 Å². The van der Waals surface area contributed by atoms with Gasteiger partial charge in [0.05, 0.1) is 11.4 Å². The minimum Gasteiger partial charge on any atom is -0.454 e. The Morgan fingerprint density at radius 3 is 2.56 bits per heavy atom. The van der Waals surface area contributed by atoms with Crippen LogP contribution in [0.5, 0.6) is 11.5 Å². The third-order valence-electron chi connectivity index (χ3n) is 3.87. The highest BCUT2D eigenvalue weighted by Gasteiger charge is 2.17. The second kappa shape index (κ2) is 6.73. The van der Waals surface area contributed by atoms with Gasteiger partial charge in [-0.2, -0.15) is 0 Å². The second-order valence-electron chi connectivity index (χ2n) is 5.69. The molecule has 25 heavy (non-hydrogen) atoms. The summed E-state index contributed by atoms with van der Waals surface area (Å²) < 4.78 is 37.3. The summed E-state index contributed by atoms with van der Waals surface area (Å²) in [5, 5.41) is 2.61. The summed E-state index contributed by atoms with van der Waals surface area (Å²) in [6.45, 7) is 3.50. The maximum absolute atomic E-state index is 12.3. The van der Waals surface area contributed by atoms with Crippen molar-refractivity contribution in [2.75, 3.05) is 18.7 Å². The van der Waals surface area contributed by atoms with Gasteiger partial charge >= 0.3 is 0 Å². The molecule has 0 unspecified atom stereocenters. The number of benzene rings is 2. The number of nitrogens with one attached hydrogen (secondary N) is 2. The topological polar surface area (TPSA) is 93.7 Å². The number of sulfonamides is 1. The molecule has 0 bridgehead atoms. The van der Waals surface area contributed by atoms with Crippen LogP contribution in [-0.2, 0) is 14.8 Å². The molecule has 0 atom stereocenters. The third kappa shape index (κ3) is 3.92. The molecule has 0 aromatic heterocycles. The van der Waals surface area contributed by atoms with Crippen LogP contribution in [0.15, 0.2) is 41.3 Å². The van der Waals surface area contributed by atoms with Crippen molar-refractivity contribution in [1.29, 1.82) is 0 Å². The lowest BCUT2D eigenvalue weighted by Crippen LogP contribution is -2.32. The highest BCUT2D eigenvalue weighted by atomic mass is 32.2. The number of rotatable bonds is 5. The first-order chi connectivity index (χ1) is 11.8. The molecular formula is C17H18N2O5S. The number of aryl methyl sites for hydroxylation is 2. The molecule has 0 radical (unpaired) electrons. The summed E-state index contributed by atoms with van der Waals surface area (Å²) in [5.74, 6) is 0.660. The number of hydrogen-bond donors (Lipinski definition) is 2. The fourth-order valence-corrected chi connectivity index (χ4v) is 3.37. The van der Waals surface area contributed by atoms with E-state index in [2.05, 4.69) is 10.0 Å². The summed E-state index contributed by atoms with van der Waals surface area (Å²) in [6.07, 6.45) is 0. The Bertz CT molecular complexity index is 925. The van der Waals surface area contributed by atoms with Crippen LogP contribution in [0.25, 0.3) is 0 Å². The van der Waals surface area contributed by atoms with Crippen LogP contribution >= 0.6 is 0 Å². The van der Waals surface area contributed by atoms with Gasteiger partial charge in [0.1, 0.15) is 0 Å². The quantitative estimate of drug-likeness (QED) is 0.848. The zero-order chi connectivity index (χ0) is 18.0. The van der Waals surface area contributed by atoms with Crippen molar-refractivity contribution in [3.63, 3.8) is 0 Å². The number of fused-ring (bicyclic) bond motifs is 1. The van der Waals surface area contributed by atoms with Crippen molar-refractivity contribution in [2.24, 2.45) is 0 Å². The summed E-state index contributed by atoms with van der Waals surface area (Å²) in [4.78, 5) is 12.1. The molecule has 0 spiro atoms. The van der Waals surface area contributed by atoms with E-state index in [0.717, 1.165) is 11.1 Å². The van der Waals surface area contributed by atoms with Gasteiger partial charge in [0.2, 0.25) is 22.7 Å². The number of hydrogen-bond acceptors (Lipinski definition) is 5.